The third kappa shape index (κ3) is 7.30. The van der Waals surface area contributed by atoms with Crippen LogP contribution in [0.15, 0.2) is 36.4 Å². The van der Waals surface area contributed by atoms with Crippen LogP contribution in [-0.2, 0) is 28.5 Å². The summed E-state index contributed by atoms with van der Waals surface area (Å²) in [5, 5.41) is 11.7. The van der Waals surface area contributed by atoms with Crippen LogP contribution in [0.4, 0.5) is 26.3 Å². The molecular weight excluding hydrogens is 487 g/mol. The number of amides is 1. The number of carbonyl (C=O) groups is 2. The summed E-state index contributed by atoms with van der Waals surface area (Å²) in [4.78, 5) is 23.4. The molecule has 1 amide bonds. The maximum absolute atomic E-state index is 12.9. The Morgan fingerprint density at radius 1 is 0.875 bits per heavy atom. The van der Waals surface area contributed by atoms with E-state index in [4.69, 9.17) is 28.3 Å². The van der Waals surface area contributed by atoms with Crippen molar-refractivity contribution in [2.45, 2.75) is 37.7 Å². The first-order valence-electron chi connectivity index (χ1n) is 8.88. The predicted octanol–water partition coefficient (Wildman–Crippen LogP) is 6.30. The van der Waals surface area contributed by atoms with Crippen molar-refractivity contribution in [2.75, 3.05) is 0 Å². The number of carbonyl (C=O) groups excluding carboxylic acids is 1. The van der Waals surface area contributed by atoms with E-state index in [9.17, 15) is 35.9 Å². The van der Waals surface area contributed by atoms with Gasteiger partial charge in [0.2, 0.25) is 5.91 Å². The van der Waals surface area contributed by atoms with Gasteiger partial charge in [0.1, 0.15) is 0 Å². The molecule has 2 N–H and O–H groups in total. The molecule has 0 aliphatic carbocycles. The first-order chi connectivity index (χ1) is 14.7. The van der Waals surface area contributed by atoms with E-state index in [1.807, 2.05) is 0 Å². The van der Waals surface area contributed by atoms with Crippen LogP contribution in [-0.4, -0.2) is 17.0 Å². The summed E-state index contributed by atoms with van der Waals surface area (Å²) in [5.74, 6) is -2.84. The lowest BCUT2D eigenvalue weighted by Crippen LogP contribution is -2.26. The molecule has 4 nitrogen and oxygen atoms in total. The van der Waals surface area contributed by atoms with Crippen molar-refractivity contribution in [3.63, 3.8) is 0 Å². The smallest absolute Gasteiger partial charge is 0.416 e. The second-order valence-electron chi connectivity index (χ2n) is 6.86. The molecule has 2 rings (SSSR count). The van der Waals surface area contributed by atoms with Gasteiger partial charge in [0.15, 0.2) is 0 Å². The predicted molar refractivity (Wildman–Crippen MR) is 104 cm³/mol. The fourth-order valence-electron chi connectivity index (χ4n) is 2.90. The van der Waals surface area contributed by atoms with E-state index in [1.54, 1.807) is 0 Å². The topological polar surface area (TPSA) is 66.4 Å². The fourth-order valence-corrected chi connectivity index (χ4v) is 3.21. The highest BCUT2D eigenvalue weighted by Crippen LogP contribution is 2.36. The number of aliphatic carboxylic acids is 1. The van der Waals surface area contributed by atoms with Crippen LogP contribution in [0.25, 0.3) is 0 Å². The van der Waals surface area contributed by atoms with Gasteiger partial charge in [-0.25, -0.2) is 0 Å². The Labute approximate surface area is 188 Å². The molecule has 0 saturated heterocycles. The van der Waals surface area contributed by atoms with Crippen LogP contribution in [0.2, 0.25) is 10.0 Å². The van der Waals surface area contributed by atoms with Crippen LogP contribution in [0.5, 0.6) is 0 Å². The Morgan fingerprint density at radius 2 is 1.44 bits per heavy atom. The van der Waals surface area contributed by atoms with Gasteiger partial charge >= 0.3 is 18.3 Å². The van der Waals surface area contributed by atoms with Gasteiger partial charge in [-0.15, -0.1) is 0 Å². The summed E-state index contributed by atoms with van der Waals surface area (Å²) in [6, 6.07) is 5.25. The summed E-state index contributed by atoms with van der Waals surface area (Å²) in [6.45, 7) is -0.618. The molecule has 0 fully saturated rings. The van der Waals surface area contributed by atoms with Crippen molar-refractivity contribution in [1.29, 1.82) is 0 Å². The summed E-state index contributed by atoms with van der Waals surface area (Å²) < 4.78 is 77.7. The van der Waals surface area contributed by atoms with Gasteiger partial charge in [0.05, 0.1) is 27.6 Å². The highest BCUT2D eigenvalue weighted by Gasteiger charge is 2.36. The second-order valence-corrected chi connectivity index (χ2v) is 7.68. The summed E-state index contributed by atoms with van der Waals surface area (Å²) in [5.41, 5.74) is -3.03. The third-order valence-electron chi connectivity index (χ3n) is 4.41. The minimum absolute atomic E-state index is 0.0154. The summed E-state index contributed by atoms with van der Waals surface area (Å²) in [6.07, 6.45) is -10.9. The van der Waals surface area contributed by atoms with E-state index in [1.165, 1.54) is 18.2 Å². The number of benzene rings is 2. The quantitative estimate of drug-likeness (QED) is 0.437. The lowest BCUT2D eigenvalue weighted by Gasteiger charge is -2.17. The van der Waals surface area contributed by atoms with E-state index in [0.717, 1.165) is 0 Å². The third-order valence-corrected chi connectivity index (χ3v) is 5.14. The molecule has 0 bridgehead atoms. The Bertz CT molecular complexity index is 976. The van der Waals surface area contributed by atoms with Crippen molar-refractivity contribution in [3.05, 3.63) is 68.7 Å². The van der Waals surface area contributed by atoms with Gasteiger partial charge in [0, 0.05) is 18.9 Å². The van der Waals surface area contributed by atoms with Gasteiger partial charge in [-0.1, -0.05) is 29.3 Å². The van der Waals surface area contributed by atoms with Crippen molar-refractivity contribution in [3.8, 4) is 0 Å². The molecular formula is C20H15Cl2F6NO3. The number of carboxylic acid groups (broad SMARTS) is 1. The number of halogens is 8. The summed E-state index contributed by atoms with van der Waals surface area (Å²) >= 11 is 11.7. The van der Waals surface area contributed by atoms with E-state index in [0.29, 0.717) is 17.7 Å². The van der Waals surface area contributed by atoms with Gasteiger partial charge in [-0.2, -0.15) is 26.3 Å². The molecule has 0 spiro atoms. The SMILES string of the molecule is O=C(O)CC(CC(=O)NCc1cc(C(F)(F)F)cc(C(F)(F)F)c1)c1ccc(Cl)c(Cl)c1. The lowest BCUT2D eigenvalue weighted by atomic mass is 9.92. The zero-order valence-electron chi connectivity index (χ0n) is 16.0. The molecule has 0 heterocycles. The zero-order valence-corrected chi connectivity index (χ0v) is 17.5. The molecule has 1 atom stereocenters. The van der Waals surface area contributed by atoms with Crippen LogP contribution in [0, 0.1) is 0 Å². The molecule has 0 aliphatic heterocycles. The van der Waals surface area contributed by atoms with E-state index in [2.05, 4.69) is 5.32 Å². The molecule has 12 heteroatoms. The largest absolute Gasteiger partial charge is 0.481 e. The molecule has 0 saturated carbocycles. The average molecular weight is 502 g/mol. The molecule has 0 radical (unpaired) electrons. The first kappa shape index (κ1) is 25.8. The minimum Gasteiger partial charge on any atom is -0.481 e. The Morgan fingerprint density at radius 3 is 1.91 bits per heavy atom. The van der Waals surface area contributed by atoms with Crippen molar-refractivity contribution >= 4 is 35.1 Å². The number of nitrogens with one attached hydrogen (secondary N) is 1. The molecule has 32 heavy (non-hydrogen) atoms. The molecule has 2 aromatic carbocycles. The average Bonchev–Trinajstić information content (AvgIpc) is 2.66. The lowest BCUT2D eigenvalue weighted by molar-refractivity contribution is -0.143. The van der Waals surface area contributed by atoms with Gasteiger partial charge in [-0.3, -0.25) is 9.59 Å². The highest BCUT2D eigenvalue weighted by molar-refractivity contribution is 6.42. The van der Waals surface area contributed by atoms with Gasteiger partial charge in [-0.05, 0) is 41.5 Å². The Kier molecular flexibility index (Phi) is 8.06. The molecule has 2 aromatic rings. The van der Waals surface area contributed by atoms with E-state index in [-0.39, 0.29) is 16.1 Å². The monoisotopic (exact) mass is 501 g/mol. The van der Waals surface area contributed by atoms with E-state index >= 15 is 0 Å². The van der Waals surface area contributed by atoms with Crippen LogP contribution < -0.4 is 5.32 Å². The van der Waals surface area contributed by atoms with Crippen LogP contribution in [0.3, 0.4) is 0 Å². The van der Waals surface area contributed by atoms with Crippen molar-refractivity contribution in [1.82, 2.24) is 5.32 Å². The number of carboxylic acids is 1. The van der Waals surface area contributed by atoms with Crippen LogP contribution in [0.1, 0.15) is 41.0 Å². The Hall–Kier alpha value is -2.46. The molecule has 1 unspecified atom stereocenters. The van der Waals surface area contributed by atoms with Crippen LogP contribution >= 0.6 is 23.2 Å². The minimum atomic E-state index is -5.01. The Balaban J connectivity index is 2.19. The number of alkyl halides is 6. The van der Waals surface area contributed by atoms with Crippen molar-refractivity contribution < 1.29 is 41.0 Å². The first-order valence-corrected chi connectivity index (χ1v) is 9.64. The van der Waals surface area contributed by atoms with Crippen molar-refractivity contribution in [2.24, 2.45) is 0 Å². The zero-order chi connectivity index (χ0) is 24.3. The standard InChI is InChI=1S/C20H15Cl2F6NO3/c21-15-2-1-11(5-16(15)22)12(7-18(31)32)6-17(30)29-9-10-3-13(19(23,24)25)8-14(4-10)20(26,27)28/h1-5,8,12H,6-7,9H2,(H,29,30)(H,31,32). The summed E-state index contributed by atoms with van der Waals surface area (Å²) in [7, 11) is 0. The van der Waals surface area contributed by atoms with Gasteiger partial charge in [0.25, 0.3) is 0 Å². The molecule has 0 aliphatic rings. The van der Waals surface area contributed by atoms with E-state index < -0.39 is 66.2 Å². The number of hydrogen-bond acceptors (Lipinski definition) is 2. The number of rotatable bonds is 7. The molecule has 174 valence electrons. The van der Waals surface area contributed by atoms with Gasteiger partial charge < -0.3 is 10.4 Å². The fraction of sp³-hybridized carbons (Fsp3) is 0.300. The normalized spacial score (nSPS) is 13.0. The number of hydrogen-bond donors (Lipinski definition) is 2. The second kappa shape index (κ2) is 9.99. The molecule has 0 aromatic heterocycles. The highest BCUT2D eigenvalue weighted by atomic mass is 35.5. The maximum Gasteiger partial charge on any atom is 0.416 e. The maximum atomic E-state index is 12.9.